The van der Waals surface area contributed by atoms with Crippen LogP contribution in [0.15, 0.2) is 48.5 Å². The topological polar surface area (TPSA) is 49.9 Å². The van der Waals surface area contributed by atoms with Gasteiger partial charge in [-0.15, -0.1) is 0 Å². The van der Waals surface area contributed by atoms with E-state index in [4.69, 9.17) is 4.74 Å². The Morgan fingerprint density at radius 2 is 1.83 bits per heavy atom. The second kappa shape index (κ2) is 9.43. The first-order valence-electron chi connectivity index (χ1n) is 11.0. The second-order valence-electron chi connectivity index (χ2n) is 8.14. The summed E-state index contributed by atoms with van der Waals surface area (Å²) in [6.45, 7) is 5.89. The van der Waals surface area contributed by atoms with Crippen LogP contribution < -0.4 is 4.90 Å². The summed E-state index contributed by atoms with van der Waals surface area (Å²) in [7, 11) is 0. The quantitative estimate of drug-likeness (QED) is 0.672. The number of likely N-dealkylation sites (tertiary alicyclic amines) is 1. The standard InChI is InChI=1S/C25H30N2O3/c1-2-30-25(29)20-10-7-14-26(18-20)15-8-16-27-22-12-5-3-9-19(22)17-24(28)21-11-4-6-13-23(21)27/h3-6,9,11-13,20H,2,7-8,10,14-18H2,1H3/t20-/m1/s1. The second-order valence-corrected chi connectivity index (χ2v) is 8.14. The highest BCUT2D eigenvalue weighted by atomic mass is 16.5. The van der Waals surface area contributed by atoms with E-state index >= 15 is 0 Å². The van der Waals surface area contributed by atoms with Gasteiger partial charge in [0.2, 0.25) is 0 Å². The number of carbonyl (C=O) groups is 2. The Balaban J connectivity index is 1.46. The van der Waals surface area contributed by atoms with E-state index in [9.17, 15) is 9.59 Å². The van der Waals surface area contributed by atoms with E-state index in [-0.39, 0.29) is 17.7 Å². The minimum absolute atomic E-state index is 0.00374. The number of Topliss-reactive ketones (excluding diaryl/α,β-unsaturated/α-hetero) is 1. The number of benzene rings is 2. The molecule has 2 aromatic carbocycles. The first-order chi connectivity index (χ1) is 14.7. The maximum absolute atomic E-state index is 12.8. The van der Waals surface area contributed by atoms with Gasteiger partial charge in [-0.1, -0.05) is 30.3 Å². The third-order valence-electron chi connectivity index (χ3n) is 6.11. The van der Waals surface area contributed by atoms with Gasteiger partial charge in [0.05, 0.1) is 18.2 Å². The Morgan fingerprint density at radius 3 is 2.67 bits per heavy atom. The van der Waals surface area contributed by atoms with Crippen LogP contribution in [0.25, 0.3) is 0 Å². The lowest BCUT2D eigenvalue weighted by Gasteiger charge is -2.32. The summed E-state index contributed by atoms with van der Waals surface area (Å²) in [5.74, 6) is 0.112. The largest absolute Gasteiger partial charge is 0.466 e. The predicted molar refractivity (Wildman–Crippen MR) is 118 cm³/mol. The molecule has 1 fully saturated rings. The van der Waals surface area contributed by atoms with Crippen molar-refractivity contribution in [2.24, 2.45) is 5.92 Å². The van der Waals surface area contributed by atoms with Crippen LogP contribution in [-0.2, 0) is 16.0 Å². The monoisotopic (exact) mass is 406 g/mol. The molecule has 4 rings (SSSR count). The van der Waals surface area contributed by atoms with E-state index in [0.717, 1.165) is 67.9 Å². The Kier molecular flexibility index (Phi) is 6.48. The van der Waals surface area contributed by atoms with Gasteiger partial charge in [0.1, 0.15) is 0 Å². The number of anilines is 2. The van der Waals surface area contributed by atoms with Crippen LogP contribution in [0, 0.1) is 5.92 Å². The van der Waals surface area contributed by atoms with E-state index in [1.54, 1.807) is 0 Å². The van der Waals surface area contributed by atoms with Gasteiger partial charge in [0.25, 0.3) is 0 Å². The molecule has 5 nitrogen and oxygen atoms in total. The lowest BCUT2D eigenvalue weighted by Crippen LogP contribution is -2.40. The first-order valence-corrected chi connectivity index (χ1v) is 11.0. The van der Waals surface area contributed by atoms with Crippen LogP contribution in [0.4, 0.5) is 11.4 Å². The first kappa shape index (κ1) is 20.6. The number of hydrogen-bond donors (Lipinski definition) is 0. The molecule has 1 saturated heterocycles. The summed E-state index contributed by atoms with van der Waals surface area (Å²) in [4.78, 5) is 29.6. The molecule has 0 saturated carbocycles. The van der Waals surface area contributed by atoms with Crippen molar-refractivity contribution < 1.29 is 14.3 Å². The van der Waals surface area contributed by atoms with Crippen molar-refractivity contribution in [3.63, 3.8) is 0 Å². The van der Waals surface area contributed by atoms with Gasteiger partial charge in [0.15, 0.2) is 5.78 Å². The minimum Gasteiger partial charge on any atom is -0.466 e. The zero-order valence-corrected chi connectivity index (χ0v) is 17.7. The number of carbonyl (C=O) groups excluding carboxylic acids is 2. The molecule has 0 unspecified atom stereocenters. The molecule has 0 aliphatic carbocycles. The molecule has 158 valence electrons. The fourth-order valence-electron chi connectivity index (χ4n) is 4.67. The molecule has 0 bridgehead atoms. The zero-order chi connectivity index (χ0) is 20.9. The number of ether oxygens (including phenoxy) is 1. The molecule has 2 aromatic rings. The van der Waals surface area contributed by atoms with Crippen molar-refractivity contribution in [3.05, 3.63) is 59.7 Å². The molecular formula is C25H30N2O3. The number of hydrogen-bond acceptors (Lipinski definition) is 5. The Labute approximate surface area is 178 Å². The average Bonchev–Trinajstić information content (AvgIpc) is 2.89. The van der Waals surface area contributed by atoms with Crippen LogP contribution >= 0.6 is 0 Å². The van der Waals surface area contributed by atoms with Crippen molar-refractivity contribution in [1.29, 1.82) is 0 Å². The van der Waals surface area contributed by atoms with Crippen LogP contribution in [-0.4, -0.2) is 49.4 Å². The number of piperidine rings is 1. The van der Waals surface area contributed by atoms with E-state index in [0.29, 0.717) is 13.0 Å². The SMILES string of the molecule is CCOC(=O)[C@@H]1CCCN(CCCN2c3ccccc3CC(=O)c3ccccc32)C1. The fraction of sp³-hybridized carbons (Fsp3) is 0.440. The number of esters is 1. The summed E-state index contributed by atoms with van der Waals surface area (Å²) in [5.41, 5.74) is 4.00. The molecule has 0 aromatic heterocycles. The fourth-order valence-corrected chi connectivity index (χ4v) is 4.67. The van der Waals surface area contributed by atoms with E-state index in [1.165, 1.54) is 0 Å². The molecule has 2 aliphatic rings. The molecule has 1 atom stereocenters. The number of ketones is 1. The van der Waals surface area contributed by atoms with E-state index in [2.05, 4.69) is 21.9 Å². The summed E-state index contributed by atoms with van der Waals surface area (Å²) in [6, 6.07) is 16.1. The lowest BCUT2D eigenvalue weighted by molar-refractivity contribution is -0.149. The Morgan fingerprint density at radius 1 is 1.07 bits per heavy atom. The van der Waals surface area contributed by atoms with Crippen LogP contribution in [0.5, 0.6) is 0 Å². The highest BCUT2D eigenvalue weighted by Gasteiger charge is 2.28. The van der Waals surface area contributed by atoms with Crippen LogP contribution in [0.3, 0.4) is 0 Å². The Bertz CT molecular complexity index is 911. The van der Waals surface area contributed by atoms with E-state index in [1.807, 2.05) is 43.3 Å². The predicted octanol–water partition coefficient (Wildman–Crippen LogP) is 4.23. The molecular weight excluding hydrogens is 376 g/mol. The molecule has 5 heteroatoms. The number of nitrogens with zero attached hydrogens (tertiary/aromatic N) is 2. The maximum Gasteiger partial charge on any atom is 0.310 e. The van der Waals surface area contributed by atoms with Crippen molar-refractivity contribution in [2.45, 2.75) is 32.6 Å². The van der Waals surface area contributed by atoms with Gasteiger partial charge in [-0.3, -0.25) is 9.59 Å². The molecule has 0 spiro atoms. The molecule has 0 radical (unpaired) electrons. The summed E-state index contributed by atoms with van der Waals surface area (Å²) in [6.07, 6.45) is 3.36. The van der Waals surface area contributed by atoms with Crippen molar-refractivity contribution in [1.82, 2.24) is 4.90 Å². The zero-order valence-electron chi connectivity index (χ0n) is 17.7. The van der Waals surface area contributed by atoms with Crippen molar-refractivity contribution in [2.75, 3.05) is 37.7 Å². The third-order valence-corrected chi connectivity index (χ3v) is 6.11. The Hall–Kier alpha value is -2.66. The smallest absolute Gasteiger partial charge is 0.310 e. The van der Waals surface area contributed by atoms with Crippen molar-refractivity contribution in [3.8, 4) is 0 Å². The minimum atomic E-state index is -0.0592. The van der Waals surface area contributed by atoms with Crippen LogP contribution in [0.2, 0.25) is 0 Å². The van der Waals surface area contributed by atoms with Gasteiger partial charge in [-0.25, -0.2) is 0 Å². The molecule has 0 amide bonds. The van der Waals surface area contributed by atoms with Gasteiger partial charge in [-0.05, 0) is 63.0 Å². The van der Waals surface area contributed by atoms with Crippen LogP contribution in [0.1, 0.15) is 42.1 Å². The van der Waals surface area contributed by atoms with Crippen molar-refractivity contribution >= 4 is 23.1 Å². The number of rotatable bonds is 6. The van der Waals surface area contributed by atoms with Gasteiger partial charge >= 0.3 is 5.97 Å². The number of fused-ring (bicyclic) bond motifs is 2. The summed E-state index contributed by atoms with van der Waals surface area (Å²) >= 11 is 0. The van der Waals surface area contributed by atoms with Gasteiger partial charge in [-0.2, -0.15) is 0 Å². The molecule has 2 aliphatic heterocycles. The normalized spacial score (nSPS) is 19.0. The molecule has 0 N–H and O–H groups in total. The number of para-hydroxylation sites is 2. The lowest BCUT2D eigenvalue weighted by atomic mass is 9.98. The highest BCUT2D eigenvalue weighted by Crippen LogP contribution is 2.36. The summed E-state index contributed by atoms with van der Waals surface area (Å²) < 4.78 is 5.23. The molecule has 2 heterocycles. The highest BCUT2D eigenvalue weighted by molar-refractivity contribution is 6.05. The van der Waals surface area contributed by atoms with E-state index < -0.39 is 0 Å². The van der Waals surface area contributed by atoms with Gasteiger partial charge in [0, 0.05) is 30.8 Å². The van der Waals surface area contributed by atoms with Gasteiger partial charge < -0.3 is 14.5 Å². The average molecular weight is 407 g/mol. The summed E-state index contributed by atoms with van der Waals surface area (Å²) in [5, 5.41) is 0. The maximum atomic E-state index is 12.8. The molecule has 30 heavy (non-hydrogen) atoms. The third kappa shape index (κ3) is 4.41.